The third kappa shape index (κ3) is 6.13. The lowest BCUT2D eigenvalue weighted by atomic mass is 10.1. The second-order valence-electron chi connectivity index (χ2n) is 6.05. The molecule has 7 nitrogen and oxygen atoms in total. The van der Waals surface area contributed by atoms with Crippen LogP contribution in [0, 0.1) is 11.8 Å². The molecular formula is C21H22N2O5. The molecule has 7 heteroatoms. The first-order valence-corrected chi connectivity index (χ1v) is 8.60. The van der Waals surface area contributed by atoms with E-state index in [0.717, 1.165) is 5.56 Å². The van der Waals surface area contributed by atoms with Gasteiger partial charge in [0, 0.05) is 16.8 Å². The highest BCUT2D eigenvalue weighted by atomic mass is 16.5. The molecule has 0 spiro atoms. The number of anilines is 1. The van der Waals surface area contributed by atoms with Gasteiger partial charge in [-0.25, -0.2) is 0 Å². The standard InChI is InChI=1S/C21H22N2O5/c1-14(25)20(19(26)13-24)23-21(27)16-6-10-18(11-7-16)28-12-2-3-15-4-8-17(22)9-5-15/h4-11,14,20,24-25H,12-13,22H2,1H3,(H,23,27)/t14-,20+/m1/s1. The average Bonchev–Trinajstić information content (AvgIpc) is 2.70. The number of carbonyl (C=O) groups excluding carboxylic acids is 2. The molecule has 28 heavy (non-hydrogen) atoms. The number of nitrogens with two attached hydrogens (primary N) is 1. The first-order valence-electron chi connectivity index (χ1n) is 8.60. The first kappa shape index (κ1) is 21.0. The van der Waals surface area contributed by atoms with E-state index < -0.39 is 30.4 Å². The van der Waals surface area contributed by atoms with E-state index in [1.54, 1.807) is 24.3 Å². The number of hydrogen-bond donors (Lipinski definition) is 4. The van der Waals surface area contributed by atoms with Crippen LogP contribution >= 0.6 is 0 Å². The van der Waals surface area contributed by atoms with Crippen molar-refractivity contribution < 1.29 is 24.5 Å². The minimum atomic E-state index is -1.17. The number of nitrogens with one attached hydrogen (secondary N) is 1. The fraction of sp³-hybridized carbons (Fsp3) is 0.238. The molecule has 2 aromatic carbocycles. The maximum absolute atomic E-state index is 12.2. The van der Waals surface area contributed by atoms with Crippen LogP contribution in [-0.2, 0) is 4.79 Å². The van der Waals surface area contributed by atoms with Gasteiger partial charge >= 0.3 is 0 Å². The number of ether oxygens (including phenoxy) is 1. The fourth-order valence-corrected chi connectivity index (χ4v) is 2.32. The molecule has 1 amide bonds. The Morgan fingerprint density at radius 1 is 1.14 bits per heavy atom. The SMILES string of the molecule is C[C@@H](O)[C@H](NC(=O)c1ccc(OCC#Cc2ccc(N)cc2)cc1)C(=O)CO. The van der Waals surface area contributed by atoms with Crippen LogP contribution in [0.4, 0.5) is 5.69 Å². The summed E-state index contributed by atoms with van der Waals surface area (Å²) < 4.78 is 5.50. The van der Waals surface area contributed by atoms with Crippen LogP contribution in [0.3, 0.4) is 0 Å². The van der Waals surface area contributed by atoms with Gasteiger partial charge in [-0.15, -0.1) is 0 Å². The Morgan fingerprint density at radius 2 is 1.79 bits per heavy atom. The van der Waals surface area contributed by atoms with Gasteiger partial charge in [-0.3, -0.25) is 9.59 Å². The van der Waals surface area contributed by atoms with Crippen LogP contribution in [-0.4, -0.2) is 47.3 Å². The number of benzene rings is 2. The van der Waals surface area contributed by atoms with Crippen LogP contribution in [0.1, 0.15) is 22.8 Å². The maximum atomic E-state index is 12.2. The van der Waals surface area contributed by atoms with Crippen LogP contribution in [0.25, 0.3) is 0 Å². The molecule has 0 aliphatic heterocycles. The Morgan fingerprint density at radius 3 is 2.36 bits per heavy atom. The molecule has 2 aromatic rings. The molecular weight excluding hydrogens is 360 g/mol. The Hall–Kier alpha value is -3.34. The van der Waals surface area contributed by atoms with Crippen molar-refractivity contribution in [3.63, 3.8) is 0 Å². The van der Waals surface area contributed by atoms with E-state index in [9.17, 15) is 14.7 Å². The summed E-state index contributed by atoms with van der Waals surface area (Å²) in [5.41, 5.74) is 7.40. The molecule has 0 heterocycles. The Bertz CT molecular complexity index is 864. The van der Waals surface area contributed by atoms with Gasteiger partial charge in [-0.05, 0) is 55.5 Å². The number of ketones is 1. The van der Waals surface area contributed by atoms with E-state index in [-0.39, 0.29) is 12.2 Å². The van der Waals surface area contributed by atoms with Gasteiger partial charge in [0.05, 0.1) is 6.10 Å². The summed E-state index contributed by atoms with van der Waals surface area (Å²) >= 11 is 0. The fourth-order valence-electron chi connectivity index (χ4n) is 2.32. The van der Waals surface area contributed by atoms with Crippen molar-refractivity contribution in [2.24, 2.45) is 0 Å². The zero-order chi connectivity index (χ0) is 20.5. The molecule has 0 aliphatic rings. The Kier molecular flexibility index (Phi) is 7.57. The largest absolute Gasteiger partial charge is 0.481 e. The van der Waals surface area contributed by atoms with Crippen molar-refractivity contribution in [3.8, 4) is 17.6 Å². The van der Waals surface area contributed by atoms with Gasteiger partial charge in [-0.2, -0.15) is 0 Å². The summed E-state index contributed by atoms with van der Waals surface area (Å²) in [6.45, 7) is 0.770. The Balaban J connectivity index is 1.91. The molecule has 0 unspecified atom stereocenters. The molecule has 146 valence electrons. The normalized spacial score (nSPS) is 12.2. The average molecular weight is 382 g/mol. The number of nitrogen functional groups attached to an aromatic ring is 1. The van der Waals surface area contributed by atoms with Gasteiger partial charge in [-0.1, -0.05) is 11.8 Å². The van der Waals surface area contributed by atoms with Gasteiger partial charge in [0.25, 0.3) is 5.91 Å². The van der Waals surface area contributed by atoms with Crippen LogP contribution < -0.4 is 15.8 Å². The van der Waals surface area contributed by atoms with Gasteiger partial charge < -0.3 is 26.0 Å². The topological polar surface area (TPSA) is 122 Å². The van der Waals surface area contributed by atoms with Crippen molar-refractivity contribution in [2.75, 3.05) is 18.9 Å². The van der Waals surface area contributed by atoms with Crippen molar-refractivity contribution in [3.05, 3.63) is 59.7 Å². The summed E-state index contributed by atoms with van der Waals surface area (Å²) in [5, 5.41) is 20.9. The minimum absolute atomic E-state index is 0.172. The van der Waals surface area contributed by atoms with E-state index in [0.29, 0.717) is 11.4 Å². The lowest BCUT2D eigenvalue weighted by molar-refractivity contribution is -0.125. The zero-order valence-electron chi connectivity index (χ0n) is 15.4. The summed E-state index contributed by atoms with van der Waals surface area (Å²) in [4.78, 5) is 23.8. The van der Waals surface area contributed by atoms with Crippen molar-refractivity contribution in [2.45, 2.75) is 19.1 Å². The first-order chi connectivity index (χ1) is 13.4. The molecule has 0 saturated carbocycles. The number of aliphatic hydroxyl groups excluding tert-OH is 2. The predicted molar refractivity (Wildman–Crippen MR) is 105 cm³/mol. The van der Waals surface area contributed by atoms with E-state index in [2.05, 4.69) is 17.2 Å². The second kappa shape index (κ2) is 10.1. The minimum Gasteiger partial charge on any atom is -0.481 e. The molecule has 0 bridgehead atoms. The lowest BCUT2D eigenvalue weighted by Gasteiger charge is -2.19. The smallest absolute Gasteiger partial charge is 0.251 e. The summed E-state index contributed by atoms with van der Waals surface area (Å²) in [6, 6.07) is 12.3. The van der Waals surface area contributed by atoms with E-state index in [1.807, 2.05) is 12.1 Å². The van der Waals surface area contributed by atoms with Crippen LogP contribution in [0.5, 0.6) is 5.75 Å². The quantitative estimate of drug-likeness (QED) is 0.414. The summed E-state index contributed by atoms with van der Waals surface area (Å²) in [7, 11) is 0. The molecule has 0 saturated heterocycles. The van der Waals surface area contributed by atoms with E-state index in [4.69, 9.17) is 15.6 Å². The highest BCUT2D eigenvalue weighted by Gasteiger charge is 2.25. The van der Waals surface area contributed by atoms with Gasteiger partial charge in [0.15, 0.2) is 5.78 Å². The predicted octanol–water partition coefficient (Wildman–Crippen LogP) is 0.740. The number of aliphatic hydroxyl groups is 2. The number of rotatable bonds is 7. The monoisotopic (exact) mass is 382 g/mol. The number of hydrogen-bond acceptors (Lipinski definition) is 6. The number of amides is 1. The third-order valence-electron chi connectivity index (χ3n) is 3.84. The van der Waals surface area contributed by atoms with Gasteiger partial charge in [0.1, 0.15) is 25.0 Å². The zero-order valence-corrected chi connectivity index (χ0v) is 15.4. The molecule has 0 radical (unpaired) electrons. The molecule has 0 aromatic heterocycles. The molecule has 0 aliphatic carbocycles. The molecule has 2 rings (SSSR count). The second-order valence-corrected chi connectivity index (χ2v) is 6.05. The Labute approximate surface area is 163 Å². The van der Waals surface area contributed by atoms with Crippen LogP contribution in [0.2, 0.25) is 0 Å². The molecule has 0 fully saturated rings. The highest BCUT2D eigenvalue weighted by molar-refractivity contribution is 5.98. The number of carbonyl (C=O) groups is 2. The van der Waals surface area contributed by atoms with E-state index in [1.165, 1.54) is 19.1 Å². The van der Waals surface area contributed by atoms with Crippen molar-refractivity contribution >= 4 is 17.4 Å². The van der Waals surface area contributed by atoms with Crippen molar-refractivity contribution in [1.82, 2.24) is 5.32 Å². The van der Waals surface area contributed by atoms with Crippen molar-refractivity contribution in [1.29, 1.82) is 0 Å². The van der Waals surface area contributed by atoms with Crippen LogP contribution in [0.15, 0.2) is 48.5 Å². The third-order valence-corrected chi connectivity index (χ3v) is 3.84. The molecule has 5 N–H and O–H groups in total. The van der Waals surface area contributed by atoms with E-state index >= 15 is 0 Å². The highest BCUT2D eigenvalue weighted by Crippen LogP contribution is 2.12. The lowest BCUT2D eigenvalue weighted by Crippen LogP contribution is -2.48. The number of Topliss-reactive ketones (excluding diaryl/α,β-unsaturated/α-hetero) is 1. The summed E-state index contributed by atoms with van der Waals surface area (Å²) in [5.74, 6) is 5.16. The molecule has 2 atom stereocenters. The van der Waals surface area contributed by atoms with Gasteiger partial charge in [0.2, 0.25) is 0 Å². The summed E-state index contributed by atoms with van der Waals surface area (Å²) in [6.07, 6.45) is -1.12. The maximum Gasteiger partial charge on any atom is 0.251 e.